The summed E-state index contributed by atoms with van der Waals surface area (Å²) in [4.78, 5) is 22.1. The molecule has 0 saturated carbocycles. The first-order valence-electron chi connectivity index (χ1n) is 5.89. The van der Waals surface area contributed by atoms with E-state index in [1.807, 2.05) is 6.92 Å². The van der Waals surface area contributed by atoms with Gasteiger partial charge in [-0.3, -0.25) is 9.59 Å². The van der Waals surface area contributed by atoms with Gasteiger partial charge in [0.05, 0.1) is 6.61 Å². The summed E-state index contributed by atoms with van der Waals surface area (Å²) in [7, 11) is 0. The zero-order chi connectivity index (χ0) is 13.4. The summed E-state index contributed by atoms with van der Waals surface area (Å²) in [5.41, 5.74) is 0.714. The lowest BCUT2D eigenvalue weighted by Crippen LogP contribution is -2.25. The monoisotopic (exact) mass is 250 g/mol. The highest BCUT2D eigenvalue weighted by Gasteiger charge is 2.02. The molecular formula is C13H18N2O3. The molecule has 0 aliphatic carbocycles. The van der Waals surface area contributed by atoms with Crippen molar-refractivity contribution in [2.45, 2.75) is 20.3 Å². The summed E-state index contributed by atoms with van der Waals surface area (Å²) in [5.74, 6) is 0.505. The van der Waals surface area contributed by atoms with E-state index in [0.717, 1.165) is 5.75 Å². The van der Waals surface area contributed by atoms with E-state index >= 15 is 0 Å². The highest BCUT2D eigenvalue weighted by molar-refractivity contribution is 5.91. The summed E-state index contributed by atoms with van der Waals surface area (Å²) in [6.45, 7) is 4.29. The normalized spacial score (nSPS) is 9.67. The molecule has 1 aromatic rings. The fraction of sp³-hybridized carbons (Fsp3) is 0.385. The Balaban J connectivity index is 2.37. The van der Waals surface area contributed by atoms with Gasteiger partial charge in [-0.1, -0.05) is 0 Å². The molecule has 0 heterocycles. The molecule has 0 aliphatic rings. The summed E-state index contributed by atoms with van der Waals surface area (Å²) < 4.78 is 5.30. The lowest BCUT2D eigenvalue weighted by Gasteiger charge is -2.07. The van der Waals surface area contributed by atoms with Gasteiger partial charge in [-0.25, -0.2) is 0 Å². The summed E-state index contributed by atoms with van der Waals surface area (Å²) in [6.07, 6.45) is 0.257. The van der Waals surface area contributed by atoms with Crippen LogP contribution in [0, 0.1) is 0 Å². The fourth-order valence-electron chi connectivity index (χ4n) is 1.38. The Kier molecular flexibility index (Phi) is 5.70. The average Bonchev–Trinajstić information content (AvgIpc) is 2.31. The smallest absolute Gasteiger partial charge is 0.226 e. The quantitative estimate of drug-likeness (QED) is 0.805. The molecule has 0 radical (unpaired) electrons. The maximum Gasteiger partial charge on any atom is 0.226 e. The fourth-order valence-corrected chi connectivity index (χ4v) is 1.38. The van der Waals surface area contributed by atoms with Gasteiger partial charge in [0.15, 0.2) is 0 Å². The van der Waals surface area contributed by atoms with Crippen LogP contribution in [-0.4, -0.2) is 25.0 Å². The molecule has 1 aromatic carbocycles. The van der Waals surface area contributed by atoms with E-state index in [1.165, 1.54) is 6.92 Å². The second kappa shape index (κ2) is 7.32. The molecule has 2 N–H and O–H groups in total. The van der Waals surface area contributed by atoms with Crippen LogP contribution in [0.4, 0.5) is 5.69 Å². The number of hydrogen-bond donors (Lipinski definition) is 2. The van der Waals surface area contributed by atoms with Gasteiger partial charge in [-0.05, 0) is 31.2 Å². The lowest BCUT2D eigenvalue weighted by molar-refractivity contribution is -0.119. The molecule has 0 fully saturated rings. The van der Waals surface area contributed by atoms with Crippen molar-refractivity contribution in [3.05, 3.63) is 24.3 Å². The molecule has 0 aromatic heterocycles. The molecule has 5 heteroatoms. The molecule has 5 nitrogen and oxygen atoms in total. The molecular weight excluding hydrogens is 232 g/mol. The predicted molar refractivity (Wildman–Crippen MR) is 69.5 cm³/mol. The average molecular weight is 250 g/mol. The number of amides is 2. The Bertz CT molecular complexity index is 401. The number of benzene rings is 1. The van der Waals surface area contributed by atoms with Crippen molar-refractivity contribution in [3.63, 3.8) is 0 Å². The minimum atomic E-state index is -0.135. The first kappa shape index (κ1) is 14.0. The van der Waals surface area contributed by atoms with Crippen molar-refractivity contribution in [2.75, 3.05) is 18.5 Å². The van der Waals surface area contributed by atoms with Gasteiger partial charge in [-0.15, -0.1) is 0 Å². The third kappa shape index (κ3) is 5.34. The molecule has 0 aliphatic heterocycles. The number of nitrogens with one attached hydrogen (secondary N) is 2. The van der Waals surface area contributed by atoms with E-state index in [1.54, 1.807) is 24.3 Å². The van der Waals surface area contributed by atoms with Gasteiger partial charge in [0.2, 0.25) is 11.8 Å². The third-order valence-corrected chi connectivity index (χ3v) is 2.18. The number of hydrogen-bond acceptors (Lipinski definition) is 3. The largest absolute Gasteiger partial charge is 0.494 e. The lowest BCUT2D eigenvalue weighted by atomic mass is 10.3. The van der Waals surface area contributed by atoms with E-state index in [9.17, 15) is 9.59 Å². The number of rotatable bonds is 6. The number of ether oxygens (including phenoxy) is 1. The van der Waals surface area contributed by atoms with E-state index in [0.29, 0.717) is 18.8 Å². The van der Waals surface area contributed by atoms with Crippen molar-refractivity contribution in [3.8, 4) is 5.75 Å². The maximum atomic E-state index is 11.5. The van der Waals surface area contributed by atoms with Crippen LogP contribution in [0.2, 0.25) is 0 Å². The molecule has 0 bridgehead atoms. The van der Waals surface area contributed by atoms with Crippen LogP contribution in [0.3, 0.4) is 0 Å². The highest BCUT2D eigenvalue weighted by atomic mass is 16.5. The maximum absolute atomic E-state index is 11.5. The summed E-state index contributed by atoms with van der Waals surface area (Å²) in [5, 5.41) is 5.31. The van der Waals surface area contributed by atoms with Gasteiger partial charge < -0.3 is 15.4 Å². The minimum absolute atomic E-state index is 0.132. The molecule has 0 atom stereocenters. The first-order chi connectivity index (χ1) is 8.61. The zero-order valence-corrected chi connectivity index (χ0v) is 10.7. The van der Waals surface area contributed by atoms with Gasteiger partial charge in [-0.2, -0.15) is 0 Å². The van der Waals surface area contributed by atoms with Crippen LogP contribution in [0.5, 0.6) is 5.75 Å². The number of anilines is 1. The third-order valence-electron chi connectivity index (χ3n) is 2.18. The minimum Gasteiger partial charge on any atom is -0.494 e. The van der Waals surface area contributed by atoms with Gasteiger partial charge in [0, 0.05) is 25.6 Å². The van der Waals surface area contributed by atoms with Crippen molar-refractivity contribution < 1.29 is 14.3 Å². The topological polar surface area (TPSA) is 67.4 Å². The van der Waals surface area contributed by atoms with Crippen LogP contribution in [0.15, 0.2) is 24.3 Å². The summed E-state index contributed by atoms with van der Waals surface area (Å²) in [6, 6.07) is 7.16. The van der Waals surface area contributed by atoms with Crippen LogP contribution in [0.25, 0.3) is 0 Å². The van der Waals surface area contributed by atoms with E-state index in [2.05, 4.69) is 10.6 Å². The van der Waals surface area contributed by atoms with E-state index < -0.39 is 0 Å². The molecule has 2 amide bonds. The number of carbonyl (C=O) groups excluding carboxylic acids is 2. The highest BCUT2D eigenvalue weighted by Crippen LogP contribution is 2.15. The van der Waals surface area contributed by atoms with Crippen molar-refractivity contribution in [1.82, 2.24) is 5.32 Å². The predicted octanol–water partition coefficient (Wildman–Crippen LogP) is 1.55. The van der Waals surface area contributed by atoms with Crippen molar-refractivity contribution in [2.24, 2.45) is 0 Å². The second-order valence-corrected chi connectivity index (χ2v) is 3.74. The first-order valence-corrected chi connectivity index (χ1v) is 5.89. The molecule has 0 unspecified atom stereocenters. The Morgan fingerprint density at radius 1 is 1.22 bits per heavy atom. The molecule has 1 rings (SSSR count). The van der Waals surface area contributed by atoms with Crippen molar-refractivity contribution in [1.29, 1.82) is 0 Å². The molecule has 0 spiro atoms. The van der Waals surface area contributed by atoms with Crippen LogP contribution in [0.1, 0.15) is 20.3 Å². The van der Waals surface area contributed by atoms with Gasteiger partial charge >= 0.3 is 0 Å². The standard InChI is InChI=1S/C13H18N2O3/c1-3-18-12-6-4-11(5-7-12)15-13(17)8-9-14-10(2)16/h4-7H,3,8-9H2,1-2H3,(H,14,16)(H,15,17). The number of carbonyl (C=O) groups is 2. The zero-order valence-electron chi connectivity index (χ0n) is 10.7. The second-order valence-electron chi connectivity index (χ2n) is 3.74. The molecule has 18 heavy (non-hydrogen) atoms. The Morgan fingerprint density at radius 2 is 1.89 bits per heavy atom. The van der Waals surface area contributed by atoms with E-state index in [4.69, 9.17) is 4.74 Å². The summed E-state index contributed by atoms with van der Waals surface area (Å²) >= 11 is 0. The van der Waals surface area contributed by atoms with Crippen molar-refractivity contribution >= 4 is 17.5 Å². The molecule has 0 saturated heterocycles. The Morgan fingerprint density at radius 3 is 2.44 bits per heavy atom. The van der Waals surface area contributed by atoms with Gasteiger partial charge in [0.1, 0.15) is 5.75 Å². The van der Waals surface area contributed by atoms with E-state index in [-0.39, 0.29) is 18.2 Å². The SMILES string of the molecule is CCOc1ccc(NC(=O)CCNC(C)=O)cc1. The van der Waals surface area contributed by atoms with Crippen LogP contribution >= 0.6 is 0 Å². The Labute approximate surface area is 107 Å². The van der Waals surface area contributed by atoms with Crippen LogP contribution < -0.4 is 15.4 Å². The molecule has 98 valence electrons. The van der Waals surface area contributed by atoms with Crippen LogP contribution in [-0.2, 0) is 9.59 Å². The van der Waals surface area contributed by atoms with Gasteiger partial charge in [0.25, 0.3) is 0 Å². The Hall–Kier alpha value is -2.04.